The van der Waals surface area contributed by atoms with Crippen molar-refractivity contribution in [3.63, 3.8) is 0 Å². The average Bonchev–Trinajstić information content (AvgIpc) is 2.91. The highest BCUT2D eigenvalue weighted by molar-refractivity contribution is 6.25. The van der Waals surface area contributed by atoms with E-state index in [1.165, 1.54) is 30.3 Å². The van der Waals surface area contributed by atoms with Crippen molar-refractivity contribution in [3.8, 4) is 16.9 Å². The molecule has 0 bridgehead atoms. The molecule has 0 aliphatic rings. The van der Waals surface area contributed by atoms with E-state index in [1.807, 2.05) is 0 Å². The molecule has 0 saturated carbocycles. The first-order valence-corrected chi connectivity index (χ1v) is 8.99. The Labute approximate surface area is 173 Å². The van der Waals surface area contributed by atoms with Crippen molar-refractivity contribution in [2.24, 2.45) is 7.05 Å². The highest BCUT2D eigenvalue weighted by Gasteiger charge is 2.25. The highest BCUT2D eigenvalue weighted by atomic mass is 35.5. The van der Waals surface area contributed by atoms with Gasteiger partial charge in [0.1, 0.15) is 41.3 Å². The van der Waals surface area contributed by atoms with Crippen molar-refractivity contribution in [1.82, 2.24) is 9.78 Å². The molecule has 0 amide bonds. The van der Waals surface area contributed by atoms with Gasteiger partial charge in [-0.15, -0.1) is 0 Å². The Hall–Kier alpha value is -3.07. The molecule has 0 aliphatic heterocycles. The summed E-state index contributed by atoms with van der Waals surface area (Å²) in [5.74, 6) is -5.64. The number of nitrogens with one attached hydrogen (secondary N) is 1. The quantitative estimate of drug-likeness (QED) is 0.477. The van der Waals surface area contributed by atoms with Crippen LogP contribution in [0.25, 0.3) is 11.1 Å². The zero-order valence-corrected chi connectivity index (χ0v) is 16.5. The van der Waals surface area contributed by atoms with Crippen LogP contribution in [0, 0.1) is 36.0 Å². The Bertz CT molecular complexity index is 1080. The fourth-order valence-electron chi connectivity index (χ4n) is 2.93. The largest absolute Gasteiger partial charge is 0.489 e. The summed E-state index contributed by atoms with van der Waals surface area (Å²) in [5.41, 5.74) is 0.189. The third kappa shape index (κ3) is 4.25. The average molecular weight is 444 g/mol. The van der Waals surface area contributed by atoms with E-state index < -0.39 is 40.3 Å². The summed E-state index contributed by atoms with van der Waals surface area (Å²) in [6.45, 7) is 1.48. The normalized spacial score (nSPS) is 11.3. The number of benzene rings is 2. The van der Waals surface area contributed by atoms with Gasteiger partial charge >= 0.3 is 0 Å². The van der Waals surface area contributed by atoms with Crippen LogP contribution in [0.4, 0.5) is 33.5 Å². The van der Waals surface area contributed by atoms with Crippen LogP contribution in [0.3, 0.4) is 0 Å². The Morgan fingerprint density at radius 3 is 2.17 bits per heavy atom. The summed E-state index contributed by atoms with van der Waals surface area (Å²) in [7, 11) is 1.42. The van der Waals surface area contributed by atoms with Gasteiger partial charge in [0.25, 0.3) is 0 Å². The molecule has 0 radical (unpaired) electrons. The first kappa shape index (κ1) is 21.6. The van der Waals surface area contributed by atoms with Gasteiger partial charge in [0.15, 0.2) is 11.6 Å². The number of anilines is 2. The predicted octanol–water partition coefficient (Wildman–Crippen LogP) is 5.97. The Balaban J connectivity index is 2.09. The number of aromatic nitrogens is 2. The molecule has 4 nitrogen and oxygen atoms in total. The van der Waals surface area contributed by atoms with Crippen molar-refractivity contribution >= 4 is 23.1 Å². The molecule has 1 heterocycles. The first-order chi connectivity index (χ1) is 14.2. The molecule has 0 aliphatic carbocycles. The van der Waals surface area contributed by atoms with Crippen molar-refractivity contribution < 1.29 is 26.7 Å². The minimum Gasteiger partial charge on any atom is -0.489 e. The van der Waals surface area contributed by atoms with E-state index in [2.05, 4.69) is 10.4 Å². The zero-order valence-electron chi connectivity index (χ0n) is 15.7. The van der Waals surface area contributed by atoms with E-state index >= 15 is 0 Å². The predicted molar refractivity (Wildman–Crippen MR) is 103 cm³/mol. The molecule has 30 heavy (non-hydrogen) atoms. The van der Waals surface area contributed by atoms with Gasteiger partial charge < -0.3 is 10.1 Å². The maximum absolute atomic E-state index is 14.8. The summed E-state index contributed by atoms with van der Waals surface area (Å²) < 4.78 is 77.3. The lowest BCUT2D eigenvalue weighted by Gasteiger charge is -2.14. The van der Waals surface area contributed by atoms with Crippen LogP contribution in [0.2, 0.25) is 0 Å². The number of rotatable bonds is 6. The van der Waals surface area contributed by atoms with E-state index in [4.69, 9.17) is 16.3 Å². The van der Waals surface area contributed by atoms with Gasteiger partial charge in [0.05, 0.1) is 16.8 Å². The van der Waals surface area contributed by atoms with Crippen LogP contribution < -0.4 is 10.1 Å². The van der Waals surface area contributed by atoms with E-state index in [0.29, 0.717) is 12.1 Å². The Kier molecular flexibility index (Phi) is 6.31. The monoisotopic (exact) mass is 443 g/mol. The molecule has 0 atom stereocenters. The smallest absolute Gasteiger partial charge is 0.152 e. The number of nitrogens with zero attached hydrogens (tertiary/aromatic N) is 2. The summed E-state index contributed by atoms with van der Waals surface area (Å²) >= 11 is 5.37. The van der Waals surface area contributed by atoms with Gasteiger partial charge in [0.2, 0.25) is 0 Å². The maximum Gasteiger partial charge on any atom is 0.152 e. The molecule has 3 rings (SSSR count). The van der Waals surface area contributed by atoms with Crippen molar-refractivity contribution in [1.29, 1.82) is 0 Å². The lowest BCUT2D eigenvalue weighted by molar-refractivity contribution is 0.358. The van der Waals surface area contributed by atoms with Gasteiger partial charge in [-0.05, 0) is 13.0 Å². The van der Waals surface area contributed by atoms with Crippen LogP contribution in [0.5, 0.6) is 5.75 Å². The van der Waals surface area contributed by atoms with Crippen LogP contribution in [0.1, 0.15) is 5.69 Å². The van der Waals surface area contributed by atoms with Gasteiger partial charge in [-0.2, -0.15) is 5.10 Å². The summed E-state index contributed by atoms with van der Waals surface area (Å²) in [4.78, 5) is 0. The lowest BCUT2D eigenvalue weighted by atomic mass is 10.0. The number of halogens is 6. The van der Waals surface area contributed by atoms with E-state index in [9.17, 15) is 22.0 Å². The topological polar surface area (TPSA) is 39.1 Å². The number of hydrogen-bond acceptors (Lipinski definition) is 3. The third-order valence-electron chi connectivity index (χ3n) is 4.17. The van der Waals surface area contributed by atoms with Gasteiger partial charge in [-0.25, -0.2) is 22.0 Å². The highest BCUT2D eigenvalue weighted by Crippen LogP contribution is 2.38. The second-order valence-electron chi connectivity index (χ2n) is 6.24. The number of aryl methyl sites for hydroxylation is 2. The second-order valence-corrected chi connectivity index (χ2v) is 6.49. The molecule has 1 aromatic heterocycles. The molecule has 3 aromatic rings. The van der Waals surface area contributed by atoms with Crippen molar-refractivity contribution in [3.05, 3.63) is 70.7 Å². The van der Waals surface area contributed by atoms with Crippen LogP contribution in [-0.2, 0) is 7.05 Å². The van der Waals surface area contributed by atoms with Gasteiger partial charge in [0, 0.05) is 36.8 Å². The van der Waals surface area contributed by atoms with E-state index in [0.717, 1.165) is 12.1 Å². The molecule has 1 N–H and O–H groups in total. The maximum atomic E-state index is 14.8. The molecule has 0 unspecified atom stereocenters. The zero-order chi connectivity index (χ0) is 22.0. The Morgan fingerprint density at radius 2 is 1.60 bits per heavy atom. The van der Waals surface area contributed by atoms with Crippen LogP contribution in [0.15, 0.2) is 35.9 Å². The molecular weight excluding hydrogens is 429 g/mol. The van der Waals surface area contributed by atoms with Crippen molar-refractivity contribution in [2.45, 2.75) is 6.92 Å². The van der Waals surface area contributed by atoms with Crippen molar-refractivity contribution in [2.75, 3.05) is 11.9 Å². The molecule has 10 heteroatoms. The molecule has 0 fully saturated rings. The fraction of sp³-hybridized carbons (Fsp3) is 0.150. The van der Waals surface area contributed by atoms with Gasteiger partial charge in [-0.3, -0.25) is 4.68 Å². The standard InChI is InChI=1S/C20H15ClF5N3O/c1-10-17(18-13(23)8-12(9-14(18)24)30-5-3-4-21)20(29(2)28-10)27-19-15(25)6-11(22)7-16(19)26/h3-4,6-9,27H,5H2,1-2H3. The summed E-state index contributed by atoms with van der Waals surface area (Å²) in [5, 5.41) is 6.50. The molecule has 158 valence electrons. The summed E-state index contributed by atoms with van der Waals surface area (Å²) in [6.07, 6.45) is 1.43. The number of ether oxygens (including phenoxy) is 1. The second kappa shape index (κ2) is 8.74. The van der Waals surface area contributed by atoms with Gasteiger partial charge in [-0.1, -0.05) is 11.6 Å². The SMILES string of the molecule is Cc1nn(C)c(Nc2c(F)cc(F)cc2F)c1-c1c(F)cc(OCC=CCl)cc1F. The minimum atomic E-state index is -1.21. The first-order valence-electron chi connectivity index (χ1n) is 8.55. The Morgan fingerprint density at radius 1 is 1.00 bits per heavy atom. The molecule has 2 aromatic carbocycles. The molecular formula is C20H15ClF5N3O. The van der Waals surface area contributed by atoms with Crippen LogP contribution in [-0.4, -0.2) is 16.4 Å². The summed E-state index contributed by atoms with van der Waals surface area (Å²) in [6, 6.07) is 2.90. The molecule has 0 spiro atoms. The van der Waals surface area contributed by atoms with Crippen LogP contribution >= 0.6 is 11.6 Å². The minimum absolute atomic E-state index is 0.00354. The van der Waals surface area contributed by atoms with E-state index in [-0.39, 0.29) is 29.4 Å². The fourth-order valence-corrected chi connectivity index (χ4v) is 3.01. The third-order valence-corrected chi connectivity index (χ3v) is 4.35. The lowest BCUT2D eigenvalue weighted by Crippen LogP contribution is -2.05. The number of hydrogen-bond donors (Lipinski definition) is 1. The van der Waals surface area contributed by atoms with E-state index in [1.54, 1.807) is 0 Å². The molecule has 0 saturated heterocycles.